The van der Waals surface area contributed by atoms with Crippen molar-refractivity contribution in [3.8, 4) is 0 Å². The highest BCUT2D eigenvalue weighted by molar-refractivity contribution is 6.10. The quantitative estimate of drug-likeness (QED) is 0.785. The highest BCUT2D eigenvalue weighted by Crippen LogP contribution is 2.10. The van der Waals surface area contributed by atoms with E-state index >= 15 is 0 Å². The van der Waals surface area contributed by atoms with Gasteiger partial charge in [0.1, 0.15) is 0 Å². The number of nitrogens with zero attached hydrogens (tertiary/aromatic N) is 1. The van der Waals surface area contributed by atoms with Crippen molar-refractivity contribution in [3.05, 3.63) is 47.5 Å². The van der Waals surface area contributed by atoms with Crippen molar-refractivity contribution in [1.82, 2.24) is 0 Å². The largest absolute Gasteiger partial charge is 0.327 e. The summed E-state index contributed by atoms with van der Waals surface area (Å²) in [6.07, 6.45) is 2.08. The first-order chi connectivity index (χ1) is 7.40. The molecule has 2 rings (SSSR count). The summed E-state index contributed by atoms with van der Waals surface area (Å²) < 4.78 is 0. The van der Waals surface area contributed by atoms with Gasteiger partial charge >= 0.3 is 0 Å². The van der Waals surface area contributed by atoms with Crippen LogP contribution < -0.4 is 5.73 Å². The van der Waals surface area contributed by atoms with Crippen LogP contribution in [0.3, 0.4) is 0 Å². The molecule has 0 aromatic heterocycles. The zero-order valence-corrected chi connectivity index (χ0v) is 9.40. The van der Waals surface area contributed by atoms with Gasteiger partial charge in [0.25, 0.3) is 0 Å². The minimum atomic E-state index is 0.611. The summed E-state index contributed by atoms with van der Waals surface area (Å²) in [6.45, 7) is 5.38. The van der Waals surface area contributed by atoms with E-state index in [0.717, 1.165) is 12.3 Å². The van der Waals surface area contributed by atoms with E-state index in [1.165, 1.54) is 11.1 Å². The minimum absolute atomic E-state index is 0.611. The van der Waals surface area contributed by atoms with Gasteiger partial charge in [-0.2, -0.15) is 0 Å². The second-order valence-corrected chi connectivity index (χ2v) is 3.07. The van der Waals surface area contributed by atoms with E-state index in [0.29, 0.717) is 6.54 Å². The topological polar surface area (TPSA) is 38.4 Å². The lowest BCUT2D eigenvalue weighted by Gasteiger charge is -1.95. The number of hydrogen-bond donors (Lipinski definition) is 1. The second-order valence-electron chi connectivity index (χ2n) is 3.07. The smallest absolute Gasteiger partial charge is 0.0651 e. The molecule has 0 atom stereocenters. The van der Waals surface area contributed by atoms with Crippen molar-refractivity contribution in [2.24, 2.45) is 10.7 Å². The van der Waals surface area contributed by atoms with Crippen LogP contribution in [-0.4, -0.2) is 18.8 Å². The van der Waals surface area contributed by atoms with E-state index in [1.807, 2.05) is 32.0 Å². The standard InChI is InChI=1S/C11H12N2.C2H6/c12-7-9-6-11(13-8-9)10-4-2-1-3-5-10;1-2/h1-6H,7-8,12H2;1-2H3. The lowest BCUT2D eigenvalue weighted by Crippen LogP contribution is -2.03. The van der Waals surface area contributed by atoms with Crippen LogP contribution in [-0.2, 0) is 0 Å². The molecule has 0 spiro atoms. The Morgan fingerprint density at radius 2 is 1.87 bits per heavy atom. The maximum Gasteiger partial charge on any atom is 0.0651 e. The molecule has 1 aliphatic rings. The predicted molar refractivity (Wildman–Crippen MR) is 66.3 cm³/mol. The molecule has 0 fully saturated rings. The van der Waals surface area contributed by atoms with Crippen molar-refractivity contribution in [2.75, 3.05) is 13.1 Å². The number of aliphatic imine (C=N–C) groups is 1. The lowest BCUT2D eigenvalue weighted by atomic mass is 10.1. The zero-order chi connectivity index (χ0) is 11.1. The molecule has 0 saturated carbocycles. The van der Waals surface area contributed by atoms with Crippen LogP contribution in [0.1, 0.15) is 19.4 Å². The van der Waals surface area contributed by atoms with E-state index in [9.17, 15) is 0 Å². The molecule has 0 amide bonds. The number of rotatable bonds is 2. The molecule has 2 heteroatoms. The van der Waals surface area contributed by atoms with E-state index < -0.39 is 0 Å². The van der Waals surface area contributed by atoms with Crippen molar-refractivity contribution < 1.29 is 0 Å². The van der Waals surface area contributed by atoms with Gasteiger partial charge in [0.15, 0.2) is 0 Å². The molecule has 2 nitrogen and oxygen atoms in total. The van der Waals surface area contributed by atoms with Crippen LogP contribution in [0.5, 0.6) is 0 Å². The van der Waals surface area contributed by atoms with Crippen LogP contribution in [0.25, 0.3) is 0 Å². The predicted octanol–water partition coefficient (Wildman–Crippen LogP) is 2.40. The Kier molecular flexibility index (Phi) is 4.78. The van der Waals surface area contributed by atoms with Crippen LogP contribution >= 0.6 is 0 Å². The Labute approximate surface area is 91.5 Å². The number of hydrogen-bond acceptors (Lipinski definition) is 2. The fourth-order valence-corrected chi connectivity index (χ4v) is 1.38. The van der Waals surface area contributed by atoms with Crippen LogP contribution in [0.4, 0.5) is 0 Å². The maximum atomic E-state index is 5.53. The highest BCUT2D eigenvalue weighted by atomic mass is 14.8. The average molecular weight is 202 g/mol. The lowest BCUT2D eigenvalue weighted by molar-refractivity contribution is 1.06. The van der Waals surface area contributed by atoms with E-state index in [2.05, 4.69) is 23.2 Å². The van der Waals surface area contributed by atoms with Crippen LogP contribution in [0.15, 0.2) is 47.0 Å². The van der Waals surface area contributed by atoms with Gasteiger partial charge in [-0.15, -0.1) is 0 Å². The monoisotopic (exact) mass is 202 g/mol. The minimum Gasteiger partial charge on any atom is -0.327 e. The fourth-order valence-electron chi connectivity index (χ4n) is 1.38. The Bertz CT molecular complexity index is 350. The van der Waals surface area contributed by atoms with Crippen LogP contribution in [0.2, 0.25) is 0 Å². The molecule has 1 aromatic carbocycles. The van der Waals surface area contributed by atoms with E-state index in [-0.39, 0.29) is 0 Å². The summed E-state index contributed by atoms with van der Waals surface area (Å²) in [5, 5.41) is 0. The molecule has 0 saturated heterocycles. The summed E-state index contributed by atoms with van der Waals surface area (Å²) in [4.78, 5) is 4.40. The summed E-state index contributed by atoms with van der Waals surface area (Å²) in [5.74, 6) is 0. The zero-order valence-electron chi connectivity index (χ0n) is 9.40. The molecule has 2 N–H and O–H groups in total. The molecule has 0 bridgehead atoms. The van der Waals surface area contributed by atoms with Crippen molar-refractivity contribution in [1.29, 1.82) is 0 Å². The highest BCUT2D eigenvalue weighted by Gasteiger charge is 2.07. The Balaban J connectivity index is 0.000000531. The average Bonchev–Trinajstić information content (AvgIpc) is 2.81. The molecule has 1 aromatic rings. The number of nitrogens with two attached hydrogens (primary N) is 1. The van der Waals surface area contributed by atoms with Gasteiger partial charge in [-0.1, -0.05) is 44.2 Å². The van der Waals surface area contributed by atoms with Gasteiger partial charge in [0.05, 0.1) is 12.3 Å². The molecular weight excluding hydrogens is 184 g/mol. The Morgan fingerprint density at radius 1 is 1.20 bits per heavy atom. The summed E-state index contributed by atoms with van der Waals surface area (Å²) in [5.41, 5.74) is 8.97. The van der Waals surface area contributed by atoms with E-state index in [1.54, 1.807) is 0 Å². The Hall–Kier alpha value is -1.41. The third-order valence-electron chi connectivity index (χ3n) is 2.13. The van der Waals surface area contributed by atoms with Gasteiger partial charge in [0.2, 0.25) is 0 Å². The molecule has 15 heavy (non-hydrogen) atoms. The van der Waals surface area contributed by atoms with Gasteiger partial charge in [-0.05, 0) is 17.2 Å². The molecule has 0 radical (unpaired) electrons. The van der Waals surface area contributed by atoms with Gasteiger partial charge < -0.3 is 5.73 Å². The van der Waals surface area contributed by atoms with Gasteiger partial charge in [-0.3, -0.25) is 4.99 Å². The maximum absolute atomic E-state index is 5.53. The molecule has 1 heterocycles. The van der Waals surface area contributed by atoms with Crippen LogP contribution in [0, 0.1) is 0 Å². The van der Waals surface area contributed by atoms with Crippen molar-refractivity contribution in [3.63, 3.8) is 0 Å². The fraction of sp³-hybridized carbons (Fsp3) is 0.308. The van der Waals surface area contributed by atoms with Gasteiger partial charge in [-0.25, -0.2) is 0 Å². The molecular formula is C13H18N2. The first-order valence-electron chi connectivity index (χ1n) is 5.39. The molecule has 0 aliphatic carbocycles. The number of allylic oxidation sites excluding steroid dienone is 1. The summed E-state index contributed by atoms with van der Waals surface area (Å²) in [6, 6.07) is 10.2. The van der Waals surface area contributed by atoms with Crippen molar-refractivity contribution in [2.45, 2.75) is 13.8 Å². The molecule has 1 aliphatic heterocycles. The molecule has 0 unspecified atom stereocenters. The number of benzene rings is 1. The Morgan fingerprint density at radius 3 is 2.40 bits per heavy atom. The first kappa shape index (κ1) is 11.7. The van der Waals surface area contributed by atoms with Gasteiger partial charge in [0, 0.05) is 6.54 Å². The van der Waals surface area contributed by atoms with E-state index in [4.69, 9.17) is 5.73 Å². The summed E-state index contributed by atoms with van der Waals surface area (Å²) >= 11 is 0. The molecule has 80 valence electrons. The second kappa shape index (κ2) is 6.14. The third-order valence-corrected chi connectivity index (χ3v) is 2.13. The SMILES string of the molecule is CC.NCC1=CC(c2ccccc2)=NC1. The normalized spacial score (nSPS) is 13.8. The third kappa shape index (κ3) is 3.03. The summed E-state index contributed by atoms with van der Waals surface area (Å²) in [7, 11) is 0. The first-order valence-corrected chi connectivity index (χ1v) is 5.39. The van der Waals surface area contributed by atoms with Crippen molar-refractivity contribution >= 4 is 5.71 Å².